The summed E-state index contributed by atoms with van der Waals surface area (Å²) < 4.78 is 0. The number of aromatic amines is 1. The van der Waals surface area contributed by atoms with Gasteiger partial charge in [-0.1, -0.05) is 42.5 Å². The van der Waals surface area contributed by atoms with E-state index in [2.05, 4.69) is 46.5 Å². The molecule has 0 saturated heterocycles. The largest absolute Gasteiger partial charge is 0.337 e. The van der Waals surface area contributed by atoms with Gasteiger partial charge in [-0.2, -0.15) is 0 Å². The average molecular weight is 294 g/mol. The smallest absolute Gasteiger partial charge is 0.258 e. The van der Waals surface area contributed by atoms with E-state index in [1.54, 1.807) is 6.07 Å². The maximum atomic E-state index is 12.1. The third-order valence-corrected chi connectivity index (χ3v) is 3.86. The van der Waals surface area contributed by atoms with E-state index >= 15 is 0 Å². The molecule has 3 N–H and O–H groups in total. The molecule has 1 heterocycles. The third kappa shape index (κ3) is 3.23. The first kappa shape index (κ1) is 14.5. The van der Waals surface area contributed by atoms with Crippen LogP contribution >= 0.6 is 0 Å². The zero-order valence-electron chi connectivity index (χ0n) is 12.6. The molecule has 4 nitrogen and oxygen atoms in total. The van der Waals surface area contributed by atoms with Crippen molar-refractivity contribution in [3.05, 3.63) is 76.3 Å². The van der Waals surface area contributed by atoms with Gasteiger partial charge < -0.3 is 10.3 Å². The minimum atomic E-state index is -0.0658. The minimum Gasteiger partial charge on any atom is -0.337 e. The first-order valence-electron chi connectivity index (χ1n) is 7.60. The number of nitrogens with zero attached hydrogens (tertiary/aromatic N) is 1. The molecule has 0 fully saturated rings. The van der Waals surface area contributed by atoms with Crippen molar-refractivity contribution >= 4 is 10.9 Å². The quantitative estimate of drug-likeness (QED) is 0.753. The van der Waals surface area contributed by atoms with Crippen molar-refractivity contribution in [3.8, 4) is 0 Å². The van der Waals surface area contributed by atoms with Crippen molar-refractivity contribution in [2.75, 3.05) is 6.54 Å². The summed E-state index contributed by atoms with van der Waals surface area (Å²) >= 11 is 0. The molecule has 22 heavy (non-hydrogen) atoms. The molecule has 0 aliphatic carbocycles. The lowest BCUT2D eigenvalue weighted by atomic mass is 10.1. The Morgan fingerprint density at radius 1 is 1.09 bits per heavy atom. The molecule has 0 bridgehead atoms. The molecule has 1 atom stereocenters. The number of benzene rings is 2. The molecule has 2 aromatic carbocycles. The van der Waals surface area contributed by atoms with Crippen LogP contribution in [0.4, 0.5) is 0 Å². The van der Waals surface area contributed by atoms with Gasteiger partial charge >= 0.3 is 0 Å². The monoisotopic (exact) mass is 294 g/mol. The second-order valence-electron chi connectivity index (χ2n) is 5.52. The molecule has 112 valence electrons. The average Bonchev–Trinajstić information content (AvgIpc) is 2.56. The Balaban J connectivity index is 1.70. The fourth-order valence-electron chi connectivity index (χ4n) is 2.58. The van der Waals surface area contributed by atoms with E-state index in [1.807, 2.05) is 24.3 Å². The fraction of sp³-hybridized carbons (Fsp3) is 0.222. The van der Waals surface area contributed by atoms with Gasteiger partial charge in [0.2, 0.25) is 0 Å². The number of quaternary nitrogens is 1. The molecule has 1 aromatic heterocycles. The summed E-state index contributed by atoms with van der Waals surface area (Å²) in [6, 6.07) is 18.0. The van der Waals surface area contributed by atoms with Crippen LogP contribution in [0.5, 0.6) is 0 Å². The lowest BCUT2D eigenvalue weighted by Gasteiger charge is -2.10. The molecule has 0 unspecified atom stereocenters. The number of rotatable bonds is 5. The Kier molecular flexibility index (Phi) is 4.30. The maximum Gasteiger partial charge on any atom is 0.258 e. The van der Waals surface area contributed by atoms with Crippen molar-refractivity contribution in [2.45, 2.75) is 19.4 Å². The predicted molar refractivity (Wildman–Crippen MR) is 87.7 cm³/mol. The maximum absolute atomic E-state index is 12.1. The highest BCUT2D eigenvalue weighted by molar-refractivity contribution is 5.77. The van der Waals surface area contributed by atoms with Crippen LogP contribution < -0.4 is 10.9 Å². The second-order valence-corrected chi connectivity index (χ2v) is 5.52. The summed E-state index contributed by atoms with van der Waals surface area (Å²) in [7, 11) is 0. The van der Waals surface area contributed by atoms with Crippen LogP contribution in [0.15, 0.2) is 59.4 Å². The lowest BCUT2D eigenvalue weighted by molar-refractivity contribution is -0.693. The Bertz CT molecular complexity index is 811. The Morgan fingerprint density at radius 3 is 2.64 bits per heavy atom. The first-order valence-corrected chi connectivity index (χ1v) is 7.60. The summed E-state index contributed by atoms with van der Waals surface area (Å²) in [6.45, 7) is 3.03. The predicted octanol–water partition coefficient (Wildman–Crippen LogP) is 1.79. The number of fused-ring (bicyclic) bond motifs is 1. The zero-order valence-corrected chi connectivity index (χ0v) is 12.6. The molecule has 0 spiro atoms. The van der Waals surface area contributed by atoms with E-state index in [-0.39, 0.29) is 11.6 Å². The Hall–Kier alpha value is -2.46. The van der Waals surface area contributed by atoms with Gasteiger partial charge in [0, 0.05) is 6.42 Å². The topological polar surface area (TPSA) is 62.4 Å². The number of hydrogen-bond acceptors (Lipinski definition) is 2. The van der Waals surface area contributed by atoms with Gasteiger partial charge in [-0.15, -0.1) is 0 Å². The second kappa shape index (κ2) is 6.54. The summed E-state index contributed by atoms with van der Waals surface area (Å²) in [6.07, 6.45) is 1.00. The van der Waals surface area contributed by atoms with Crippen molar-refractivity contribution < 1.29 is 5.32 Å². The zero-order chi connectivity index (χ0) is 15.4. The number of hydrogen-bond donors (Lipinski definition) is 2. The van der Waals surface area contributed by atoms with Crippen molar-refractivity contribution in [1.82, 2.24) is 9.97 Å². The molecule has 3 rings (SSSR count). The van der Waals surface area contributed by atoms with Crippen molar-refractivity contribution in [2.24, 2.45) is 0 Å². The molecule has 0 radical (unpaired) electrons. The molecule has 0 amide bonds. The van der Waals surface area contributed by atoms with Crippen LogP contribution in [-0.4, -0.2) is 16.5 Å². The number of H-pyrrole nitrogens is 1. The van der Waals surface area contributed by atoms with Crippen molar-refractivity contribution in [3.63, 3.8) is 0 Å². The van der Waals surface area contributed by atoms with Crippen LogP contribution in [0.3, 0.4) is 0 Å². The number of aromatic nitrogens is 2. The molecular weight excluding hydrogens is 274 g/mol. The summed E-state index contributed by atoms with van der Waals surface area (Å²) in [4.78, 5) is 19.6. The fourth-order valence-corrected chi connectivity index (χ4v) is 2.58. The van der Waals surface area contributed by atoms with Gasteiger partial charge in [-0.3, -0.25) is 4.79 Å². The molecule has 0 aliphatic rings. The van der Waals surface area contributed by atoms with E-state index < -0.39 is 0 Å². The van der Waals surface area contributed by atoms with Crippen molar-refractivity contribution in [1.29, 1.82) is 0 Å². The van der Waals surface area contributed by atoms with Crippen LogP contribution in [0, 0.1) is 0 Å². The molecule has 4 heteroatoms. The molecule has 0 aliphatic heterocycles. The van der Waals surface area contributed by atoms with E-state index in [0.29, 0.717) is 5.39 Å². The SMILES string of the molecule is C[C@H]([NH2+]CCc1ccccc1)c1nc2ccccc2c(=O)[nH]1. The van der Waals surface area contributed by atoms with Crippen LogP contribution in [0.1, 0.15) is 24.4 Å². The first-order chi connectivity index (χ1) is 10.7. The minimum absolute atomic E-state index is 0.0658. The van der Waals surface area contributed by atoms with Gasteiger partial charge in [0.15, 0.2) is 5.82 Å². The molecule has 3 aromatic rings. The van der Waals surface area contributed by atoms with E-state index in [4.69, 9.17) is 0 Å². The summed E-state index contributed by atoms with van der Waals surface area (Å²) in [5, 5.41) is 2.85. The van der Waals surface area contributed by atoms with Crippen LogP contribution in [0.25, 0.3) is 10.9 Å². The highest BCUT2D eigenvalue weighted by Crippen LogP contribution is 2.08. The summed E-state index contributed by atoms with van der Waals surface area (Å²) in [5.74, 6) is 0.733. The van der Waals surface area contributed by atoms with Crippen LogP contribution in [0.2, 0.25) is 0 Å². The number of nitrogens with two attached hydrogens (primary N) is 1. The normalized spacial score (nSPS) is 12.4. The van der Waals surface area contributed by atoms with Gasteiger partial charge in [-0.25, -0.2) is 4.98 Å². The lowest BCUT2D eigenvalue weighted by Crippen LogP contribution is -2.85. The summed E-state index contributed by atoms with van der Waals surface area (Å²) in [5.41, 5.74) is 2.01. The van der Waals surface area contributed by atoms with E-state index in [9.17, 15) is 4.79 Å². The van der Waals surface area contributed by atoms with Crippen LogP contribution in [-0.2, 0) is 6.42 Å². The number of nitrogens with one attached hydrogen (secondary N) is 1. The van der Waals surface area contributed by atoms with Gasteiger partial charge in [0.05, 0.1) is 17.4 Å². The number of para-hydroxylation sites is 1. The van der Waals surface area contributed by atoms with E-state index in [0.717, 1.165) is 24.3 Å². The highest BCUT2D eigenvalue weighted by atomic mass is 16.1. The molecule has 0 saturated carbocycles. The van der Waals surface area contributed by atoms with Gasteiger partial charge in [0.1, 0.15) is 6.04 Å². The van der Waals surface area contributed by atoms with Gasteiger partial charge in [-0.05, 0) is 24.6 Å². The van der Waals surface area contributed by atoms with Gasteiger partial charge in [0.25, 0.3) is 5.56 Å². The molecular formula is C18H20N3O+. The Labute approximate surface area is 129 Å². The standard InChI is InChI=1S/C18H19N3O/c1-13(19-12-11-14-7-3-2-4-8-14)17-20-16-10-6-5-9-15(16)18(22)21-17/h2-10,13,19H,11-12H2,1H3,(H,20,21,22)/p+1/t13-/m0/s1. The van der Waals surface area contributed by atoms with E-state index in [1.165, 1.54) is 5.56 Å². The highest BCUT2D eigenvalue weighted by Gasteiger charge is 2.13. The Morgan fingerprint density at radius 2 is 1.82 bits per heavy atom. The third-order valence-electron chi connectivity index (χ3n) is 3.86.